The summed E-state index contributed by atoms with van der Waals surface area (Å²) < 4.78 is 51.7. The fraction of sp³-hybridized carbons (Fsp3) is 0.308. The molecule has 2 aromatic carbocycles. The number of benzene rings is 2. The van der Waals surface area contributed by atoms with Crippen LogP contribution in [0.15, 0.2) is 71.5 Å². The molecule has 1 aromatic heterocycles. The van der Waals surface area contributed by atoms with Crippen molar-refractivity contribution in [3.63, 3.8) is 0 Å². The first-order valence-electron chi connectivity index (χ1n) is 11.3. The van der Waals surface area contributed by atoms with Gasteiger partial charge in [-0.15, -0.1) is 0 Å². The number of nitrogens with one attached hydrogen (secondary N) is 1. The Morgan fingerprint density at radius 2 is 1.84 bits per heavy atom. The number of aliphatic hydroxyl groups excluding tert-OH is 1. The molecular weight excluding hydrogens is 557 g/mol. The van der Waals surface area contributed by atoms with E-state index in [0.29, 0.717) is 11.1 Å². The van der Waals surface area contributed by atoms with Crippen LogP contribution in [0, 0.1) is 5.92 Å². The molecule has 7 nitrogen and oxygen atoms in total. The second-order valence-electron chi connectivity index (χ2n) is 9.02. The highest BCUT2D eigenvalue weighted by atomic mass is 79.9. The summed E-state index contributed by atoms with van der Waals surface area (Å²) in [6.07, 6.45) is -3.86. The number of halogens is 4. The predicted molar refractivity (Wildman–Crippen MR) is 129 cm³/mol. The minimum absolute atomic E-state index is 0.0625. The van der Waals surface area contributed by atoms with E-state index in [2.05, 4.69) is 20.9 Å². The number of fused-ring (bicyclic) bond motifs is 3. The zero-order valence-electron chi connectivity index (χ0n) is 19.4. The number of nitrogens with zero attached hydrogens (tertiary/aromatic N) is 1. The lowest BCUT2D eigenvalue weighted by Gasteiger charge is -2.40. The van der Waals surface area contributed by atoms with Crippen LogP contribution in [0.25, 0.3) is 0 Å². The standard InChI is InChI=1S/C26H22BrF3N2O5/c1-36-17-11-31-12-18-21(17)25(35)22(33)19(23(34)32-13-24(28,29)30)20(14-5-3-2-4-6-14)26(25,37-18)15-7-9-16(27)10-8-15/h2-12,19-20,22,33,35H,13H2,1H3,(H,32,34)/t19-,20-,22-,25+,26+/m1/s1. The smallest absolute Gasteiger partial charge is 0.405 e. The monoisotopic (exact) mass is 578 g/mol. The Labute approximate surface area is 218 Å². The molecular formula is C26H22BrF3N2O5. The number of ether oxygens (including phenoxy) is 2. The number of carbonyl (C=O) groups is 1. The van der Waals surface area contributed by atoms with Gasteiger partial charge >= 0.3 is 6.18 Å². The van der Waals surface area contributed by atoms with Crippen LogP contribution in [-0.4, -0.2) is 47.0 Å². The maximum Gasteiger partial charge on any atom is 0.405 e. The number of amides is 1. The van der Waals surface area contributed by atoms with Crippen molar-refractivity contribution >= 4 is 21.8 Å². The molecule has 1 amide bonds. The van der Waals surface area contributed by atoms with Crippen LogP contribution in [0.5, 0.6) is 11.5 Å². The molecule has 1 fully saturated rings. The summed E-state index contributed by atoms with van der Waals surface area (Å²) in [5, 5.41) is 26.1. The predicted octanol–water partition coefficient (Wildman–Crippen LogP) is 3.78. The molecule has 194 valence electrons. The van der Waals surface area contributed by atoms with E-state index in [1.807, 2.05) is 5.32 Å². The zero-order chi connectivity index (χ0) is 26.6. The topological polar surface area (TPSA) is 101 Å². The number of aromatic nitrogens is 1. The van der Waals surface area contributed by atoms with Crippen molar-refractivity contribution in [3.8, 4) is 11.5 Å². The second kappa shape index (κ2) is 9.00. The first-order chi connectivity index (χ1) is 17.5. The Kier molecular flexibility index (Phi) is 6.20. The van der Waals surface area contributed by atoms with E-state index >= 15 is 0 Å². The van der Waals surface area contributed by atoms with E-state index in [1.54, 1.807) is 54.6 Å². The van der Waals surface area contributed by atoms with Gasteiger partial charge < -0.3 is 25.0 Å². The molecule has 0 spiro atoms. The molecule has 1 aliphatic heterocycles. The molecule has 0 bridgehead atoms. The highest BCUT2D eigenvalue weighted by molar-refractivity contribution is 9.10. The Hall–Kier alpha value is -3.15. The van der Waals surface area contributed by atoms with E-state index in [9.17, 15) is 28.2 Å². The van der Waals surface area contributed by atoms with Gasteiger partial charge in [-0.25, -0.2) is 0 Å². The van der Waals surface area contributed by atoms with Gasteiger partial charge in [0.1, 0.15) is 24.1 Å². The molecule has 1 aliphatic carbocycles. The molecule has 5 atom stereocenters. The van der Waals surface area contributed by atoms with Crippen molar-refractivity contribution in [2.75, 3.05) is 13.7 Å². The van der Waals surface area contributed by atoms with Gasteiger partial charge in [-0.05, 0) is 23.3 Å². The molecule has 37 heavy (non-hydrogen) atoms. The number of methoxy groups -OCH3 is 1. The Bertz CT molecular complexity index is 1320. The van der Waals surface area contributed by atoms with Gasteiger partial charge in [0, 0.05) is 10.4 Å². The minimum atomic E-state index is -4.67. The lowest BCUT2D eigenvalue weighted by molar-refractivity contribution is -0.156. The van der Waals surface area contributed by atoms with Gasteiger partial charge in [0.25, 0.3) is 0 Å². The molecule has 11 heteroatoms. The normalized spacial score (nSPS) is 28.2. The number of pyridine rings is 1. The summed E-state index contributed by atoms with van der Waals surface area (Å²) in [4.78, 5) is 17.5. The summed E-state index contributed by atoms with van der Waals surface area (Å²) in [6.45, 7) is -1.59. The number of rotatable bonds is 5. The van der Waals surface area contributed by atoms with E-state index in [-0.39, 0.29) is 17.1 Å². The molecule has 3 N–H and O–H groups in total. The van der Waals surface area contributed by atoms with Crippen molar-refractivity contribution < 1.29 is 37.7 Å². The van der Waals surface area contributed by atoms with Gasteiger partial charge in [-0.3, -0.25) is 9.78 Å². The Balaban J connectivity index is 1.80. The number of hydrogen-bond donors (Lipinski definition) is 3. The van der Waals surface area contributed by atoms with Crippen molar-refractivity contribution in [1.82, 2.24) is 10.3 Å². The quantitative estimate of drug-likeness (QED) is 0.426. The lowest BCUT2D eigenvalue weighted by Crippen LogP contribution is -2.52. The SMILES string of the molecule is COc1cncc2c1[C@]1(O)[C@H](O)[C@H](C(=O)NCC(F)(F)F)[C@@H](c3ccccc3)[C@]1(c1ccc(Br)cc1)O2. The van der Waals surface area contributed by atoms with Crippen LogP contribution >= 0.6 is 15.9 Å². The summed E-state index contributed by atoms with van der Waals surface area (Å²) in [5.41, 5.74) is -3.19. The molecule has 0 radical (unpaired) electrons. The first kappa shape index (κ1) is 25.5. The fourth-order valence-corrected chi connectivity index (χ4v) is 5.95. The van der Waals surface area contributed by atoms with E-state index < -0.39 is 47.8 Å². The van der Waals surface area contributed by atoms with E-state index in [4.69, 9.17) is 9.47 Å². The molecule has 0 saturated heterocycles. The maximum atomic E-state index is 13.4. The molecule has 1 saturated carbocycles. The summed E-state index contributed by atoms with van der Waals surface area (Å²) in [6, 6.07) is 15.2. The van der Waals surface area contributed by atoms with Crippen molar-refractivity contribution in [2.24, 2.45) is 5.92 Å². The van der Waals surface area contributed by atoms with Crippen molar-refractivity contribution in [1.29, 1.82) is 0 Å². The van der Waals surface area contributed by atoms with Crippen LogP contribution in [0.3, 0.4) is 0 Å². The average Bonchev–Trinajstić information content (AvgIpc) is 3.26. The second-order valence-corrected chi connectivity index (χ2v) is 9.93. The number of carbonyl (C=O) groups excluding carboxylic acids is 1. The number of alkyl halides is 3. The minimum Gasteiger partial charge on any atom is -0.495 e. The molecule has 0 unspecified atom stereocenters. The molecule has 2 aliphatic rings. The third kappa shape index (κ3) is 3.79. The van der Waals surface area contributed by atoms with Crippen LogP contribution in [0.2, 0.25) is 0 Å². The maximum absolute atomic E-state index is 13.4. The van der Waals surface area contributed by atoms with Gasteiger partial charge in [0.2, 0.25) is 5.91 Å². The highest BCUT2D eigenvalue weighted by Gasteiger charge is 2.78. The van der Waals surface area contributed by atoms with Gasteiger partial charge in [-0.2, -0.15) is 13.2 Å². The number of aliphatic hydroxyl groups is 2. The molecule has 5 rings (SSSR count). The molecule has 2 heterocycles. The van der Waals surface area contributed by atoms with Gasteiger partial charge in [-0.1, -0.05) is 58.4 Å². The number of hydrogen-bond acceptors (Lipinski definition) is 6. The van der Waals surface area contributed by atoms with E-state index in [1.165, 1.54) is 19.5 Å². The third-order valence-electron chi connectivity index (χ3n) is 7.08. The van der Waals surface area contributed by atoms with Crippen LogP contribution in [-0.2, 0) is 16.0 Å². The average molecular weight is 579 g/mol. The summed E-state index contributed by atoms with van der Waals surface area (Å²) >= 11 is 3.38. The van der Waals surface area contributed by atoms with Gasteiger partial charge in [0.05, 0.1) is 31.0 Å². The van der Waals surface area contributed by atoms with Crippen molar-refractivity contribution in [3.05, 3.63) is 88.2 Å². The Morgan fingerprint density at radius 3 is 2.46 bits per heavy atom. The zero-order valence-corrected chi connectivity index (χ0v) is 21.0. The van der Waals surface area contributed by atoms with Crippen LogP contribution in [0.1, 0.15) is 22.6 Å². The summed E-state index contributed by atoms with van der Waals surface area (Å²) in [5.74, 6) is -3.49. The highest BCUT2D eigenvalue weighted by Crippen LogP contribution is 2.69. The first-order valence-corrected chi connectivity index (χ1v) is 12.1. The van der Waals surface area contributed by atoms with E-state index in [0.717, 1.165) is 4.47 Å². The molecule has 3 aromatic rings. The van der Waals surface area contributed by atoms with Crippen LogP contribution < -0.4 is 14.8 Å². The van der Waals surface area contributed by atoms with Crippen molar-refractivity contribution in [2.45, 2.75) is 29.4 Å². The summed E-state index contributed by atoms with van der Waals surface area (Å²) in [7, 11) is 1.35. The largest absolute Gasteiger partial charge is 0.495 e. The Morgan fingerprint density at radius 1 is 1.16 bits per heavy atom. The third-order valence-corrected chi connectivity index (χ3v) is 7.61. The fourth-order valence-electron chi connectivity index (χ4n) is 5.69. The van der Waals surface area contributed by atoms with Crippen LogP contribution in [0.4, 0.5) is 13.2 Å². The lowest BCUT2D eigenvalue weighted by atomic mass is 9.70. The van der Waals surface area contributed by atoms with Gasteiger partial charge in [0.15, 0.2) is 11.2 Å².